The summed E-state index contributed by atoms with van der Waals surface area (Å²) in [4.78, 5) is 22.9. The molecule has 1 fully saturated rings. The van der Waals surface area contributed by atoms with Gasteiger partial charge in [-0.1, -0.05) is 47.2 Å². The maximum atomic E-state index is 13.0. The molecule has 4 nitrogen and oxygen atoms in total. The van der Waals surface area contributed by atoms with Crippen LogP contribution in [0.4, 0.5) is 9.52 Å². The Labute approximate surface area is 188 Å². The standard InChI is InChI=1S/C21H11ClFN3OS3/c22-13-5-3-12(4-6-13)16-10-15-19(28-16)30-20(24-15)26-21-25-18(27)17(29-21)9-11-1-7-14(23)8-2-11/h1-10H,(H,24,25,26,27)/b17-9+. The summed E-state index contributed by atoms with van der Waals surface area (Å²) < 4.78 is 14.1. The highest BCUT2D eigenvalue weighted by Gasteiger charge is 2.24. The molecule has 3 heterocycles. The molecular weight excluding hydrogens is 461 g/mol. The Hall–Kier alpha value is -2.52. The molecule has 0 atom stereocenters. The van der Waals surface area contributed by atoms with Crippen molar-refractivity contribution in [1.82, 2.24) is 10.3 Å². The average molecular weight is 472 g/mol. The van der Waals surface area contributed by atoms with E-state index in [1.54, 1.807) is 29.5 Å². The van der Waals surface area contributed by atoms with Crippen molar-refractivity contribution in [2.75, 3.05) is 0 Å². The summed E-state index contributed by atoms with van der Waals surface area (Å²) in [6, 6.07) is 15.7. The van der Waals surface area contributed by atoms with Gasteiger partial charge in [0.05, 0.1) is 10.4 Å². The summed E-state index contributed by atoms with van der Waals surface area (Å²) in [6.45, 7) is 0. The molecule has 2 aromatic heterocycles. The normalized spacial score (nSPS) is 16.7. The number of thiophene rings is 1. The second-order valence-electron chi connectivity index (χ2n) is 6.32. The molecular formula is C21H11ClFN3OS3. The van der Waals surface area contributed by atoms with Crippen molar-refractivity contribution in [3.05, 3.63) is 75.9 Å². The Kier molecular flexibility index (Phi) is 5.16. The average Bonchev–Trinajstić information content (AvgIpc) is 3.38. The van der Waals surface area contributed by atoms with Gasteiger partial charge in [-0.3, -0.25) is 4.79 Å². The van der Waals surface area contributed by atoms with Crippen molar-refractivity contribution in [2.45, 2.75) is 0 Å². The van der Waals surface area contributed by atoms with Gasteiger partial charge in [-0.25, -0.2) is 9.37 Å². The summed E-state index contributed by atoms with van der Waals surface area (Å²) in [5.74, 6) is -0.544. The third-order valence-corrected chi connectivity index (χ3v) is 7.61. The second-order valence-corrected chi connectivity index (χ2v) is 10.1. The first-order valence-corrected chi connectivity index (χ1v) is 11.6. The summed E-state index contributed by atoms with van der Waals surface area (Å²) in [5, 5.41) is 4.53. The lowest BCUT2D eigenvalue weighted by atomic mass is 10.2. The van der Waals surface area contributed by atoms with E-state index in [0.717, 1.165) is 25.5 Å². The van der Waals surface area contributed by atoms with Crippen molar-refractivity contribution in [1.29, 1.82) is 0 Å². The fourth-order valence-corrected chi connectivity index (χ4v) is 5.96. The van der Waals surface area contributed by atoms with E-state index in [4.69, 9.17) is 11.6 Å². The molecule has 0 bridgehead atoms. The van der Waals surface area contributed by atoms with Crippen LogP contribution in [0.3, 0.4) is 0 Å². The van der Waals surface area contributed by atoms with E-state index >= 15 is 0 Å². The number of thioether (sulfide) groups is 1. The maximum Gasteiger partial charge on any atom is 0.264 e. The molecule has 0 spiro atoms. The van der Waals surface area contributed by atoms with E-state index < -0.39 is 0 Å². The molecule has 5 rings (SSSR count). The SMILES string of the molecule is O=C1NC(=Nc2nc3cc(-c4ccc(Cl)cc4)sc3s2)S/C1=C/c1ccc(F)cc1. The zero-order valence-electron chi connectivity index (χ0n) is 15.1. The van der Waals surface area contributed by atoms with Crippen LogP contribution in [0.25, 0.3) is 26.0 Å². The van der Waals surface area contributed by atoms with Crippen LogP contribution >= 0.6 is 46.0 Å². The van der Waals surface area contributed by atoms with Crippen LogP contribution in [0.15, 0.2) is 64.5 Å². The van der Waals surface area contributed by atoms with Gasteiger partial charge >= 0.3 is 0 Å². The highest BCUT2D eigenvalue weighted by molar-refractivity contribution is 8.18. The maximum absolute atomic E-state index is 13.0. The first-order chi connectivity index (χ1) is 14.5. The minimum absolute atomic E-state index is 0.230. The number of amides is 1. The van der Waals surface area contributed by atoms with E-state index in [9.17, 15) is 9.18 Å². The number of nitrogens with zero attached hydrogens (tertiary/aromatic N) is 2. The number of nitrogens with one attached hydrogen (secondary N) is 1. The number of rotatable bonds is 3. The van der Waals surface area contributed by atoms with Gasteiger partial charge < -0.3 is 5.32 Å². The van der Waals surface area contributed by atoms with E-state index in [-0.39, 0.29) is 11.7 Å². The second kappa shape index (κ2) is 7.96. The predicted octanol–water partition coefficient (Wildman–Crippen LogP) is 6.71. The highest BCUT2D eigenvalue weighted by Crippen LogP contribution is 2.40. The minimum atomic E-state index is -0.314. The molecule has 1 N–H and O–H groups in total. The Balaban J connectivity index is 1.37. The van der Waals surface area contributed by atoms with Crippen molar-refractivity contribution in [3.63, 3.8) is 0 Å². The van der Waals surface area contributed by atoms with Crippen LogP contribution in [-0.4, -0.2) is 16.1 Å². The van der Waals surface area contributed by atoms with Crippen LogP contribution in [0.1, 0.15) is 5.56 Å². The number of carbonyl (C=O) groups is 1. The number of hydrogen-bond donors (Lipinski definition) is 1. The van der Waals surface area contributed by atoms with Gasteiger partial charge in [0.25, 0.3) is 5.91 Å². The van der Waals surface area contributed by atoms with Gasteiger partial charge in [0.1, 0.15) is 9.83 Å². The third kappa shape index (κ3) is 4.04. The van der Waals surface area contributed by atoms with Crippen molar-refractivity contribution < 1.29 is 9.18 Å². The first-order valence-electron chi connectivity index (χ1n) is 8.75. The molecule has 30 heavy (non-hydrogen) atoms. The van der Waals surface area contributed by atoms with E-state index in [2.05, 4.69) is 15.3 Å². The highest BCUT2D eigenvalue weighted by atomic mass is 35.5. The lowest BCUT2D eigenvalue weighted by molar-refractivity contribution is -0.115. The largest absolute Gasteiger partial charge is 0.300 e. The van der Waals surface area contributed by atoms with Gasteiger partial charge in [0.15, 0.2) is 5.17 Å². The van der Waals surface area contributed by atoms with E-state index in [1.165, 1.54) is 35.2 Å². The van der Waals surface area contributed by atoms with Gasteiger partial charge in [-0.2, -0.15) is 4.99 Å². The van der Waals surface area contributed by atoms with Crippen LogP contribution in [0.5, 0.6) is 0 Å². The van der Waals surface area contributed by atoms with Crippen LogP contribution in [0, 0.1) is 5.82 Å². The van der Waals surface area contributed by atoms with Gasteiger partial charge in [-0.15, -0.1) is 11.3 Å². The molecule has 0 aliphatic carbocycles. The molecule has 9 heteroatoms. The van der Waals surface area contributed by atoms with Gasteiger partial charge in [0, 0.05) is 9.90 Å². The Bertz CT molecular complexity index is 1290. The number of aromatic nitrogens is 1. The number of fused-ring (bicyclic) bond motifs is 1. The zero-order valence-corrected chi connectivity index (χ0v) is 18.3. The molecule has 1 saturated heterocycles. The summed E-state index contributed by atoms with van der Waals surface area (Å²) >= 11 is 10.3. The number of thiazole rings is 1. The lowest BCUT2D eigenvalue weighted by Crippen LogP contribution is -2.19. The molecule has 0 saturated carbocycles. The molecule has 0 radical (unpaired) electrons. The van der Waals surface area contributed by atoms with Crippen molar-refractivity contribution in [3.8, 4) is 10.4 Å². The number of carbonyl (C=O) groups excluding carboxylic acids is 1. The van der Waals surface area contributed by atoms with Crippen LogP contribution in [0.2, 0.25) is 5.02 Å². The molecule has 1 aliphatic rings. The fraction of sp³-hybridized carbons (Fsp3) is 0. The Morgan fingerprint density at radius 1 is 1.07 bits per heavy atom. The molecule has 0 unspecified atom stereocenters. The monoisotopic (exact) mass is 471 g/mol. The number of hydrogen-bond acceptors (Lipinski definition) is 6. The molecule has 148 valence electrons. The summed E-state index contributed by atoms with van der Waals surface area (Å²) in [5.41, 5.74) is 2.72. The number of amidine groups is 1. The quantitative estimate of drug-likeness (QED) is 0.338. The molecule has 4 aromatic rings. The summed E-state index contributed by atoms with van der Waals surface area (Å²) in [7, 11) is 0. The Morgan fingerprint density at radius 2 is 1.83 bits per heavy atom. The molecule has 2 aromatic carbocycles. The minimum Gasteiger partial charge on any atom is -0.300 e. The summed E-state index contributed by atoms with van der Waals surface area (Å²) in [6.07, 6.45) is 1.71. The predicted molar refractivity (Wildman–Crippen MR) is 125 cm³/mol. The smallest absolute Gasteiger partial charge is 0.264 e. The van der Waals surface area contributed by atoms with Gasteiger partial charge in [0.2, 0.25) is 5.13 Å². The van der Waals surface area contributed by atoms with Crippen molar-refractivity contribution >= 4 is 77.8 Å². The van der Waals surface area contributed by atoms with Crippen molar-refractivity contribution in [2.24, 2.45) is 4.99 Å². The lowest BCUT2D eigenvalue weighted by Gasteiger charge is -1.96. The fourth-order valence-electron chi connectivity index (χ4n) is 2.81. The molecule has 1 aliphatic heterocycles. The number of benzene rings is 2. The number of aliphatic imine (C=N–C) groups is 1. The van der Waals surface area contributed by atoms with Crippen LogP contribution in [-0.2, 0) is 4.79 Å². The zero-order chi connectivity index (χ0) is 20.7. The topological polar surface area (TPSA) is 54.4 Å². The van der Waals surface area contributed by atoms with E-state index in [0.29, 0.717) is 20.2 Å². The Morgan fingerprint density at radius 3 is 2.57 bits per heavy atom. The third-order valence-electron chi connectivity index (χ3n) is 4.22. The van der Waals surface area contributed by atoms with E-state index in [1.807, 2.05) is 30.3 Å². The van der Waals surface area contributed by atoms with Gasteiger partial charge in [-0.05, 0) is 59.3 Å². The van der Waals surface area contributed by atoms with Crippen LogP contribution < -0.4 is 5.32 Å². The number of halogens is 2. The molecule has 1 amide bonds. The first kappa shape index (κ1) is 19.4.